The molecule has 34 heavy (non-hydrogen) atoms. The smallest absolute Gasteiger partial charge is 0.0786 e. The predicted molar refractivity (Wildman–Crippen MR) is 143 cm³/mol. The van der Waals surface area contributed by atoms with E-state index in [0.717, 1.165) is 12.8 Å². The zero-order chi connectivity index (χ0) is 22.2. The number of para-hydroxylation sites is 1. The number of hydrogen-bond donors (Lipinski definition) is 1. The zero-order valence-electron chi connectivity index (χ0n) is 18.7. The molecule has 0 atom stereocenters. The molecule has 1 aliphatic carbocycles. The summed E-state index contributed by atoms with van der Waals surface area (Å²) < 4.78 is 2.49. The van der Waals surface area contributed by atoms with Crippen molar-refractivity contribution in [2.45, 2.75) is 12.8 Å². The molecule has 7 aromatic rings. The SMILES string of the molecule is c1ccc(-c2cccc(-n3c4cccc5c4c4c(cc6c7ccccc7[nH]c6c43)CC5)c2)cc1. The van der Waals surface area contributed by atoms with Crippen LogP contribution in [0.15, 0.2) is 103 Å². The van der Waals surface area contributed by atoms with Gasteiger partial charge in [-0.1, -0.05) is 72.8 Å². The number of rotatable bonds is 2. The number of benzene rings is 5. The molecule has 0 saturated heterocycles. The van der Waals surface area contributed by atoms with Crippen molar-refractivity contribution >= 4 is 43.6 Å². The molecule has 0 saturated carbocycles. The fourth-order valence-corrected chi connectivity index (χ4v) is 6.11. The summed E-state index contributed by atoms with van der Waals surface area (Å²) in [5.41, 5.74) is 11.6. The van der Waals surface area contributed by atoms with Gasteiger partial charge in [0.2, 0.25) is 0 Å². The third-order valence-electron chi connectivity index (χ3n) is 7.58. The highest BCUT2D eigenvalue weighted by molar-refractivity contribution is 6.25. The van der Waals surface area contributed by atoms with Gasteiger partial charge in [-0.2, -0.15) is 0 Å². The second-order valence-electron chi connectivity index (χ2n) is 9.42. The van der Waals surface area contributed by atoms with E-state index in [9.17, 15) is 0 Å². The predicted octanol–water partition coefficient (Wildman–Crippen LogP) is 8.18. The van der Waals surface area contributed by atoms with Gasteiger partial charge in [-0.25, -0.2) is 0 Å². The van der Waals surface area contributed by atoms with Gasteiger partial charge in [0, 0.05) is 32.7 Å². The van der Waals surface area contributed by atoms with Crippen molar-refractivity contribution in [3.8, 4) is 16.8 Å². The van der Waals surface area contributed by atoms with Gasteiger partial charge >= 0.3 is 0 Å². The molecule has 1 N–H and O–H groups in total. The Balaban J connectivity index is 1.57. The molecule has 2 aromatic heterocycles. The largest absolute Gasteiger partial charge is 0.353 e. The van der Waals surface area contributed by atoms with Crippen LogP contribution in [-0.2, 0) is 12.8 Å². The number of H-pyrrole nitrogens is 1. The maximum Gasteiger partial charge on any atom is 0.0786 e. The van der Waals surface area contributed by atoms with Crippen molar-refractivity contribution < 1.29 is 0 Å². The Hall–Kier alpha value is -4.30. The molecule has 0 amide bonds. The van der Waals surface area contributed by atoms with Crippen molar-refractivity contribution in [1.29, 1.82) is 0 Å². The van der Waals surface area contributed by atoms with Gasteiger partial charge in [-0.05, 0) is 65.4 Å². The topological polar surface area (TPSA) is 20.7 Å². The van der Waals surface area contributed by atoms with E-state index in [2.05, 4.69) is 113 Å². The van der Waals surface area contributed by atoms with Crippen LogP contribution in [0.4, 0.5) is 0 Å². The highest BCUT2D eigenvalue weighted by atomic mass is 15.0. The summed E-state index contributed by atoms with van der Waals surface area (Å²) in [5.74, 6) is 0. The first-order chi connectivity index (χ1) is 16.9. The molecule has 2 heteroatoms. The van der Waals surface area contributed by atoms with E-state index in [-0.39, 0.29) is 0 Å². The molecule has 2 nitrogen and oxygen atoms in total. The normalized spacial score (nSPS) is 13.1. The maximum absolute atomic E-state index is 3.79. The Labute approximate surface area is 197 Å². The fourth-order valence-electron chi connectivity index (χ4n) is 6.11. The second kappa shape index (κ2) is 6.61. The molecule has 5 aromatic carbocycles. The number of hydrogen-bond acceptors (Lipinski definition) is 0. The van der Waals surface area contributed by atoms with Crippen LogP contribution >= 0.6 is 0 Å². The van der Waals surface area contributed by atoms with E-state index in [1.54, 1.807) is 0 Å². The van der Waals surface area contributed by atoms with Crippen LogP contribution < -0.4 is 0 Å². The van der Waals surface area contributed by atoms with Gasteiger partial charge in [0.05, 0.1) is 16.6 Å². The summed E-state index contributed by atoms with van der Waals surface area (Å²) in [4.78, 5) is 3.79. The van der Waals surface area contributed by atoms with Crippen LogP contribution in [0.5, 0.6) is 0 Å². The molecule has 0 radical (unpaired) electrons. The summed E-state index contributed by atoms with van der Waals surface area (Å²) in [6.45, 7) is 0. The lowest BCUT2D eigenvalue weighted by Crippen LogP contribution is -1.98. The van der Waals surface area contributed by atoms with Crippen LogP contribution in [0, 0.1) is 0 Å². The molecule has 0 bridgehead atoms. The highest BCUT2D eigenvalue weighted by Crippen LogP contribution is 2.44. The van der Waals surface area contributed by atoms with Gasteiger partial charge in [0.25, 0.3) is 0 Å². The van der Waals surface area contributed by atoms with Gasteiger partial charge in [0.15, 0.2) is 0 Å². The van der Waals surface area contributed by atoms with Crippen molar-refractivity contribution in [2.75, 3.05) is 0 Å². The van der Waals surface area contributed by atoms with Crippen LogP contribution in [-0.4, -0.2) is 9.55 Å². The molecule has 1 aliphatic rings. The summed E-state index contributed by atoms with van der Waals surface area (Å²) >= 11 is 0. The minimum absolute atomic E-state index is 1.09. The highest BCUT2D eigenvalue weighted by Gasteiger charge is 2.24. The monoisotopic (exact) mass is 434 g/mol. The molecular formula is C32H22N2. The van der Waals surface area contributed by atoms with E-state index in [1.165, 1.54) is 71.6 Å². The molecule has 0 fully saturated rings. The summed E-state index contributed by atoms with van der Waals surface area (Å²) in [6.07, 6.45) is 2.19. The zero-order valence-corrected chi connectivity index (χ0v) is 18.7. The minimum Gasteiger partial charge on any atom is -0.353 e. The third-order valence-corrected chi connectivity index (χ3v) is 7.58. The van der Waals surface area contributed by atoms with Crippen molar-refractivity contribution in [3.63, 3.8) is 0 Å². The summed E-state index contributed by atoms with van der Waals surface area (Å²) in [7, 11) is 0. The Kier molecular flexibility index (Phi) is 3.53. The lowest BCUT2D eigenvalue weighted by Gasteiger charge is -2.13. The van der Waals surface area contributed by atoms with E-state index < -0.39 is 0 Å². The number of nitrogens with zero attached hydrogens (tertiary/aromatic N) is 1. The first-order valence-electron chi connectivity index (χ1n) is 12.0. The van der Waals surface area contributed by atoms with E-state index in [0.29, 0.717) is 0 Å². The first-order valence-corrected chi connectivity index (χ1v) is 12.0. The van der Waals surface area contributed by atoms with Crippen molar-refractivity contribution in [3.05, 3.63) is 114 Å². The van der Waals surface area contributed by atoms with Crippen LogP contribution in [0.3, 0.4) is 0 Å². The quantitative estimate of drug-likeness (QED) is 0.283. The Bertz CT molecular complexity index is 1900. The fraction of sp³-hybridized carbons (Fsp3) is 0.0625. The van der Waals surface area contributed by atoms with Crippen LogP contribution in [0.1, 0.15) is 11.1 Å². The third kappa shape index (κ3) is 2.35. The summed E-state index contributed by atoms with van der Waals surface area (Å²) in [5, 5.41) is 5.46. The van der Waals surface area contributed by atoms with Gasteiger partial charge in [-0.15, -0.1) is 0 Å². The van der Waals surface area contributed by atoms with Crippen molar-refractivity contribution in [2.24, 2.45) is 0 Å². The number of aromatic nitrogens is 2. The van der Waals surface area contributed by atoms with Gasteiger partial charge < -0.3 is 9.55 Å². The summed E-state index contributed by atoms with van der Waals surface area (Å²) in [6, 6.07) is 37.6. The molecule has 0 aliphatic heterocycles. The molecule has 8 rings (SSSR count). The van der Waals surface area contributed by atoms with Gasteiger partial charge in [-0.3, -0.25) is 0 Å². The Morgan fingerprint density at radius 2 is 1.38 bits per heavy atom. The number of nitrogens with one attached hydrogen (secondary N) is 1. The van der Waals surface area contributed by atoms with E-state index >= 15 is 0 Å². The lowest BCUT2D eigenvalue weighted by atomic mass is 9.90. The Morgan fingerprint density at radius 3 is 2.32 bits per heavy atom. The van der Waals surface area contributed by atoms with Crippen LogP contribution in [0.25, 0.3) is 60.4 Å². The lowest BCUT2D eigenvalue weighted by molar-refractivity contribution is 0.971. The average molecular weight is 435 g/mol. The molecule has 160 valence electrons. The second-order valence-corrected chi connectivity index (χ2v) is 9.42. The standard InChI is InChI=1S/C32H22N2/c1-2-8-20(9-3-1)22-11-6-12-24(18-22)34-28-15-7-10-21-16-17-23-19-26-25-13-4-5-14-27(25)33-31(26)32(34)30(23)29(21)28/h1-15,18-19,33H,16-17H2. The Morgan fingerprint density at radius 1 is 0.588 bits per heavy atom. The van der Waals surface area contributed by atoms with Crippen LogP contribution in [0.2, 0.25) is 0 Å². The number of aryl methyl sites for hydroxylation is 2. The molecule has 2 heterocycles. The number of aromatic amines is 1. The van der Waals surface area contributed by atoms with Crippen molar-refractivity contribution in [1.82, 2.24) is 9.55 Å². The molecule has 0 unspecified atom stereocenters. The average Bonchev–Trinajstić information content (AvgIpc) is 3.45. The van der Waals surface area contributed by atoms with E-state index in [4.69, 9.17) is 0 Å². The first kappa shape index (κ1) is 18.2. The van der Waals surface area contributed by atoms with Gasteiger partial charge in [0.1, 0.15) is 0 Å². The minimum atomic E-state index is 1.09. The van der Waals surface area contributed by atoms with E-state index in [1.807, 2.05) is 0 Å². The maximum atomic E-state index is 3.79. The number of fused-ring (bicyclic) bond motifs is 4. The molecule has 0 spiro atoms. The molecular weight excluding hydrogens is 412 g/mol.